The highest BCUT2D eigenvalue weighted by Gasteiger charge is 2.14. The molecule has 0 saturated heterocycles. The molecule has 0 saturated carbocycles. The third kappa shape index (κ3) is 4.95. The van der Waals surface area contributed by atoms with E-state index in [1.165, 1.54) is 0 Å². The van der Waals surface area contributed by atoms with E-state index in [-0.39, 0.29) is 10.8 Å². The van der Waals surface area contributed by atoms with E-state index in [9.17, 15) is 13.2 Å². The van der Waals surface area contributed by atoms with Gasteiger partial charge in [-0.1, -0.05) is 54.6 Å². The van der Waals surface area contributed by atoms with E-state index in [0.29, 0.717) is 5.69 Å². The average molecular weight is 380 g/mol. The summed E-state index contributed by atoms with van der Waals surface area (Å²) in [4.78, 5) is 11.4. The molecule has 0 unspecified atom stereocenters. The zero-order valence-electron chi connectivity index (χ0n) is 14.6. The van der Waals surface area contributed by atoms with Crippen LogP contribution < -0.4 is 10.0 Å². The number of nitrogens with one attached hydrogen (secondary N) is 2. The number of amides is 1. The van der Waals surface area contributed by atoms with Crippen molar-refractivity contribution in [2.75, 3.05) is 11.3 Å². The Morgan fingerprint density at radius 3 is 2.04 bits per heavy atom. The van der Waals surface area contributed by atoms with Crippen LogP contribution >= 0.6 is 0 Å². The highest BCUT2D eigenvalue weighted by molar-refractivity contribution is 7.92. The second-order valence-corrected chi connectivity index (χ2v) is 7.63. The molecule has 1 heterocycles. The molecule has 0 spiro atoms. The molecule has 1 amide bonds. The Kier molecular flexibility index (Phi) is 5.88. The molecule has 138 valence electrons. The van der Waals surface area contributed by atoms with E-state index in [1.54, 1.807) is 54.6 Å². The highest BCUT2D eigenvalue weighted by Crippen LogP contribution is 2.14. The Balaban J connectivity index is 0.000000166. The zero-order valence-corrected chi connectivity index (χ0v) is 15.4. The van der Waals surface area contributed by atoms with Gasteiger partial charge in [-0.05, 0) is 42.3 Å². The quantitative estimate of drug-likeness (QED) is 0.731. The summed E-state index contributed by atoms with van der Waals surface area (Å²) in [5, 5.41) is 2.80. The van der Waals surface area contributed by atoms with E-state index in [4.69, 9.17) is 0 Å². The number of sulfonamides is 1. The van der Waals surface area contributed by atoms with Crippen molar-refractivity contribution in [2.24, 2.45) is 0 Å². The Morgan fingerprint density at radius 2 is 1.37 bits per heavy atom. The first-order valence-corrected chi connectivity index (χ1v) is 10.0. The molecular weight excluding hydrogens is 360 g/mol. The summed E-state index contributed by atoms with van der Waals surface area (Å²) in [6.07, 6.45) is 0.960. The first kappa shape index (κ1) is 18.7. The van der Waals surface area contributed by atoms with Crippen LogP contribution in [0.25, 0.3) is 0 Å². The van der Waals surface area contributed by atoms with Crippen molar-refractivity contribution in [3.63, 3.8) is 0 Å². The monoisotopic (exact) mass is 380 g/mol. The Bertz CT molecular complexity index is 1000. The van der Waals surface area contributed by atoms with Crippen LogP contribution in [0.1, 0.15) is 15.9 Å². The maximum Gasteiger partial charge on any atom is 0.261 e. The van der Waals surface area contributed by atoms with Crippen LogP contribution in [0.4, 0.5) is 5.69 Å². The topological polar surface area (TPSA) is 75.3 Å². The van der Waals surface area contributed by atoms with Gasteiger partial charge in [0.1, 0.15) is 0 Å². The first-order chi connectivity index (χ1) is 13.1. The summed E-state index contributed by atoms with van der Waals surface area (Å²) >= 11 is 0. The fourth-order valence-electron chi connectivity index (χ4n) is 2.69. The van der Waals surface area contributed by atoms with Gasteiger partial charge in [-0.15, -0.1) is 0 Å². The van der Waals surface area contributed by atoms with Gasteiger partial charge in [0.05, 0.1) is 4.90 Å². The normalized spacial score (nSPS) is 12.8. The van der Waals surface area contributed by atoms with E-state index >= 15 is 0 Å². The smallest absolute Gasteiger partial charge is 0.261 e. The minimum Gasteiger partial charge on any atom is -0.352 e. The van der Waals surface area contributed by atoms with Gasteiger partial charge in [0.15, 0.2) is 0 Å². The molecule has 27 heavy (non-hydrogen) atoms. The van der Waals surface area contributed by atoms with E-state index in [1.807, 2.05) is 30.3 Å². The average Bonchev–Trinajstić information content (AvgIpc) is 2.70. The van der Waals surface area contributed by atoms with E-state index < -0.39 is 10.0 Å². The number of carbonyl (C=O) groups is 1. The molecule has 0 aromatic heterocycles. The van der Waals surface area contributed by atoms with Crippen LogP contribution in [0.15, 0.2) is 89.8 Å². The first-order valence-electron chi connectivity index (χ1n) is 8.55. The molecule has 0 aliphatic carbocycles. The van der Waals surface area contributed by atoms with Crippen molar-refractivity contribution in [1.82, 2.24) is 5.32 Å². The molecule has 0 atom stereocenters. The molecule has 6 heteroatoms. The van der Waals surface area contributed by atoms with E-state index in [2.05, 4.69) is 10.0 Å². The number of hydrogen-bond acceptors (Lipinski definition) is 3. The van der Waals surface area contributed by atoms with Crippen LogP contribution in [0.5, 0.6) is 0 Å². The molecule has 1 aliphatic heterocycles. The van der Waals surface area contributed by atoms with Crippen molar-refractivity contribution in [3.05, 3.63) is 96.1 Å². The SMILES string of the molecule is O=C1NCCc2ccccc21.O=S(=O)(Nc1ccccc1)c1ccccc1. The number of benzene rings is 3. The minimum atomic E-state index is -3.46. The van der Waals surface area contributed by atoms with Crippen molar-refractivity contribution in [2.45, 2.75) is 11.3 Å². The molecule has 4 rings (SSSR count). The molecule has 3 aromatic carbocycles. The van der Waals surface area contributed by atoms with Gasteiger partial charge in [-0.3, -0.25) is 9.52 Å². The Morgan fingerprint density at radius 1 is 0.778 bits per heavy atom. The lowest BCUT2D eigenvalue weighted by molar-refractivity contribution is 0.0946. The predicted octanol–water partition coefficient (Wildman–Crippen LogP) is 3.46. The minimum absolute atomic E-state index is 0.0619. The van der Waals surface area contributed by atoms with Gasteiger partial charge in [0.25, 0.3) is 15.9 Å². The molecule has 1 aliphatic rings. The molecule has 0 bridgehead atoms. The molecule has 2 N–H and O–H groups in total. The second-order valence-electron chi connectivity index (χ2n) is 5.95. The number of rotatable bonds is 3. The molecule has 5 nitrogen and oxygen atoms in total. The Hall–Kier alpha value is -3.12. The maximum atomic E-state index is 11.9. The van der Waals surface area contributed by atoms with Gasteiger partial charge in [0, 0.05) is 17.8 Å². The fourth-order valence-corrected chi connectivity index (χ4v) is 3.77. The lowest BCUT2D eigenvalue weighted by Gasteiger charge is -2.15. The van der Waals surface area contributed by atoms with E-state index in [0.717, 1.165) is 24.1 Å². The molecular formula is C21H20N2O3S. The summed E-state index contributed by atoms with van der Waals surface area (Å²) < 4.78 is 26.3. The maximum absolute atomic E-state index is 11.9. The summed E-state index contributed by atoms with van der Waals surface area (Å²) in [6.45, 7) is 0.774. The standard InChI is InChI=1S/C12H11NO2S.C9H9NO/c14-16(15,12-9-5-2-6-10-12)13-11-7-3-1-4-8-11;11-9-8-4-2-1-3-7(8)5-6-10-9/h1-10,13H;1-4H,5-6H2,(H,10,11). The van der Waals surface area contributed by atoms with Gasteiger partial charge in [0.2, 0.25) is 0 Å². The Labute approximate surface area is 159 Å². The summed E-state index contributed by atoms with van der Waals surface area (Å²) in [6, 6.07) is 24.8. The molecule has 0 fully saturated rings. The lowest BCUT2D eigenvalue weighted by atomic mass is 10.0. The summed E-state index contributed by atoms with van der Waals surface area (Å²) in [5.41, 5.74) is 2.56. The fraction of sp³-hybridized carbons (Fsp3) is 0.0952. The number of carbonyl (C=O) groups excluding carboxylic acids is 1. The third-order valence-electron chi connectivity index (χ3n) is 4.02. The van der Waals surface area contributed by atoms with Crippen LogP contribution in [0.2, 0.25) is 0 Å². The number of fused-ring (bicyclic) bond motifs is 1. The van der Waals surface area contributed by atoms with Crippen LogP contribution in [-0.4, -0.2) is 20.9 Å². The van der Waals surface area contributed by atoms with Crippen molar-refractivity contribution >= 4 is 21.6 Å². The molecule has 3 aromatic rings. The van der Waals surface area contributed by atoms with Crippen molar-refractivity contribution < 1.29 is 13.2 Å². The van der Waals surface area contributed by atoms with Gasteiger partial charge in [-0.2, -0.15) is 0 Å². The number of para-hydroxylation sites is 1. The zero-order chi connectivity index (χ0) is 19.1. The van der Waals surface area contributed by atoms with Crippen LogP contribution in [0.3, 0.4) is 0 Å². The third-order valence-corrected chi connectivity index (χ3v) is 5.42. The van der Waals surface area contributed by atoms with Crippen molar-refractivity contribution in [3.8, 4) is 0 Å². The molecule has 0 radical (unpaired) electrons. The van der Waals surface area contributed by atoms with Gasteiger partial charge in [-0.25, -0.2) is 8.42 Å². The van der Waals surface area contributed by atoms with Crippen molar-refractivity contribution in [1.29, 1.82) is 0 Å². The second kappa shape index (κ2) is 8.51. The number of anilines is 1. The number of hydrogen-bond donors (Lipinski definition) is 2. The summed E-state index contributed by atoms with van der Waals surface area (Å²) in [7, 11) is -3.46. The summed E-state index contributed by atoms with van der Waals surface area (Å²) in [5.74, 6) is 0.0619. The van der Waals surface area contributed by atoms with Gasteiger partial charge >= 0.3 is 0 Å². The van der Waals surface area contributed by atoms with Crippen LogP contribution in [0, 0.1) is 0 Å². The van der Waals surface area contributed by atoms with Crippen LogP contribution in [-0.2, 0) is 16.4 Å². The largest absolute Gasteiger partial charge is 0.352 e. The van der Waals surface area contributed by atoms with Gasteiger partial charge < -0.3 is 5.32 Å². The lowest BCUT2D eigenvalue weighted by Crippen LogP contribution is -2.31. The predicted molar refractivity (Wildman–Crippen MR) is 106 cm³/mol. The highest BCUT2D eigenvalue weighted by atomic mass is 32.2.